The molecular weight excluding hydrogens is 1010 g/mol. The average Bonchev–Trinajstić information content (AvgIpc) is 3.22. The Hall–Kier alpha value is -6.95. The quantitative estimate of drug-likeness (QED) is 0.0664. The Morgan fingerprint density at radius 2 is 0.765 bits per heavy atom. The normalized spacial score (nSPS) is 9.82. The number of benzene rings is 4. The van der Waals surface area contributed by atoms with Crippen LogP contribution in [-0.4, -0.2) is 73.9 Å². The maximum Gasteiger partial charge on any atom is 0.225 e. The van der Waals surface area contributed by atoms with Crippen molar-refractivity contribution >= 4 is 121 Å². The van der Waals surface area contributed by atoms with Gasteiger partial charge in [0.1, 0.15) is 11.6 Å². The number of nitrogens with one attached hydrogen (secondary N) is 4. The highest BCUT2D eigenvalue weighted by molar-refractivity contribution is 9.10. The smallest absolute Gasteiger partial charge is 0.225 e. The third-order valence-electron chi connectivity index (χ3n) is 8.42. The van der Waals surface area contributed by atoms with Crippen LogP contribution >= 0.6 is 50.7 Å². The van der Waals surface area contributed by atoms with Crippen molar-refractivity contribution in [2.24, 2.45) is 65.8 Å². The number of hydrogen-bond acceptors (Lipinski definition) is 4. The van der Waals surface area contributed by atoms with Crippen LogP contribution in [0.2, 0.25) is 15.1 Å². The fourth-order valence-corrected chi connectivity index (χ4v) is 6.92. The molecule has 0 aliphatic carbocycles. The third-order valence-corrected chi connectivity index (χ3v) is 9.82. The molecule has 4 rings (SSSR count). The molecule has 0 saturated carbocycles. The van der Waals surface area contributed by atoms with E-state index in [1.807, 2.05) is 39.0 Å². The van der Waals surface area contributed by atoms with Gasteiger partial charge in [-0.15, -0.1) is 0 Å². The average molecular weight is 1070 g/mol. The number of anilines is 4. The van der Waals surface area contributed by atoms with E-state index in [9.17, 15) is 8.78 Å². The van der Waals surface area contributed by atoms with Crippen LogP contribution in [0, 0.1) is 47.1 Å². The van der Waals surface area contributed by atoms with Crippen molar-refractivity contribution in [2.45, 2.75) is 41.5 Å². The molecule has 68 heavy (non-hydrogen) atoms. The Bertz CT molecular complexity index is 2160. The van der Waals surface area contributed by atoms with Gasteiger partial charge in [0.05, 0.1) is 27.8 Å². The molecule has 0 atom stereocenters. The summed E-state index contributed by atoms with van der Waals surface area (Å²) in [5.41, 5.74) is 45.6. The molecule has 368 valence electrons. The fraction of sp³-hybridized carbons (Fsp3) is 0.238. The predicted octanol–water partition coefficient (Wildman–Crippen LogP) is 6.50. The number of rotatable bonds is 8. The van der Waals surface area contributed by atoms with Gasteiger partial charge < -0.3 is 65.5 Å². The van der Waals surface area contributed by atoms with Crippen LogP contribution in [0.3, 0.4) is 0 Å². The van der Waals surface area contributed by atoms with E-state index in [1.165, 1.54) is 34.1 Å². The molecule has 20 N–H and O–H groups in total. The summed E-state index contributed by atoms with van der Waals surface area (Å²) in [5, 5.41) is 32.4. The van der Waals surface area contributed by atoms with E-state index in [-0.39, 0.29) is 64.1 Å². The van der Waals surface area contributed by atoms with Crippen molar-refractivity contribution in [2.75, 3.05) is 45.8 Å². The van der Waals surface area contributed by atoms with Crippen LogP contribution in [0.25, 0.3) is 0 Å². The van der Waals surface area contributed by atoms with Crippen molar-refractivity contribution in [3.05, 3.63) is 115 Å². The fourth-order valence-electron chi connectivity index (χ4n) is 5.53. The summed E-state index contributed by atoms with van der Waals surface area (Å²) in [6, 6.07) is 19.8. The van der Waals surface area contributed by atoms with Gasteiger partial charge in [-0.1, -0.05) is 46.9 Å². The SMILES string of the molecule is CCN(C(=N)N=C(N)N)c1ccc(C)cc1Cl.CCN(C(=N)N=C(N)N)c1ccc(C)cc1F.CCN(C(=N)N=C(N)N)c1ccc(Cl)cc1Br.CCN(C(=N)N=C(N)N)c1ccc(Cl)cc1F. The minimum atomic E-state index is -0.533. The Kier molecular flexibility index (Phi) is 25.1. The van der Waals surface area contributed by atoms with E-state index in [0.717, 1.165) is 27.0 Å². The summed E-state index contributed by atoms with van der Waals surface area (Å²) in [4.78, 5) is 20.6. The highest BCUT2D eigenvalue weighted by Gasteiger charge is 2.17. The maximum atomic E-state index is 13.7. The molecule has 26 heteroatoms. The van der Waals surface area contributed by atoms with E-state index >= 15 is 0 Å². The predicted molar refractivity (Wildman–Crippen MR) is 284 cm³/mol. The molecule has 0 fully saturated rings. The van der Waals surface area contributed by atoms with Crippen LogP contribution in [0.5, 0.6) is 0 Å². The van der Waals surface area contributed by atoms with Gasteiger partial charge in [-0.3, -0.25) is 21.6 Å². The molecule has 0 bridgehead atoms. The molecule has 0 spiro atoms. The largest absolute Gasteiger partial charge is 0.370 e. The minimum Gasteiger partial charge on any atom is -0.370 e. The molecule has 0 radical (unpaired) electrons. The summed E-state index contributed by atoms with van der Waals surface area (Å²) >= 11 is 21.0. The van der Waals surface area contributed by atoms with Crippen LogP contribution < -0.4 is 65.5 Å². The molecule has 20 nitrogen and oxygen atoms in total. The van der Waals surface area contributed by atoms with E-state index in [2.05, 4.69) is 35.9 Å². The summed E-state index contributed by atoms with van der Waals surface area (Å²) in [6.45, 7) is 13.0. The molecule has 4 aromatic carbocycles. The van der Waals surface area contributed by atoms with Crippen molar-refractivity contribution in [1.82, 2.24) is 0 Å². The Morgan fingerprint density at radius 1 is 0.471 bits per heavy atom. The zero-order chi connectivity index (χ0) is 52.0. The Morgan fingerprint density at radius 3 is 1.09 bits per heavy atom. The van der Waals surface area contributed by atoms with Gasteiger partial charge in [0.25, 0.3) is 0 Å². The molecule has 0 aromatic heterocycles. The van der Waals surface area contributed by atoms with Gasteiger partial charge in [-0.25, -0.2) is 8.78 Å². The molecular formula is C42H58BrCl3F2N20. The zero-order valence-corrected chi connectivity index (χ0v) is 42.1. The first-order valence-corrected chi connectivity index (χ1v) is 22.0. The van der Waals surface area contributed by atoms with Gasteiger partial charge in [0.15, 0.2) is 23.8 Å². The van der Waals surface area contributed by atoms with Crippen molar-refractivity contribution in [1.29, 1.82) is 21.6 Å². The van der Waals surface area contributed by atoms with E-state index in [1.54, 1.807) is 60.9 Å². The summed E-state index contributed by atoms with van der Waals surface area (Å²) in [7, 11) is 0. The molecule has 0 unspecified atom stereocenters. The van der Waals surface area contributed by atoms with Crippen LogP contribution in [0.1, 0.15) is 38.8 Å². The lowest BCUT2D eigenvalue weighted by Crippen LogP contribution is -2.33. The van der Waals surface area contributed by atoms with Gasteiger partial charge in [-0.2, -0.15) is 20.0 Å². The van der Waals surface area contributed by atoms with Crippen molar-refractivity contribution in [3.63, 3.8) is 0 Å². The first-order valence-electron chi connectivity index (χ1n) is 20.1. The van der Waals surface area contributed by atoms with Gasteiger partial charge in [0.2, 0.25) is 23.8 Å². The maximum absolute atomic E-state index is 13.7. The number of halogens is 6. The second-order valence-corrected chi connectivity index (χ2v) is 15.7. The molecule has 0 saturated heterocycles. The first kappa shape index (κ1) is 59.1. The Labute approximate surface area is 417 Å². The number of aliphatic imine (C=N–C) groups is 4. The molecule has 0 aliphatic heterocycles. The van der Waals surface area contributed by atoms with E-state index in [4.69, 9.17) is 102 Å². The number of hydrogen-bond donors (Lipinski definition) is 12. The molecule has 0 aliphatic rings. The van der Waals surface area contributed by atoms with Crippen molar-refractivity contribution < 1.29 is 8.78 Å². The highest BCUT2D eigenvalue weighted by atomic mass is 79.9. The molecule has 0 amide bonds. The lowest BCUT2D eigenvalue weighted by atomic mass is 10.2. The van der Waals surface area contributed by atoms with Gasteiger partial charge >= 0.3 is 0 Å². The number of aryl methyl sites for hydroxylation is 2. The number of guanidine groups is 8. The molecule has 0 heterocycles. The van der Waals surface area contributed by atoms with E-state index in [0.29, 0.717) is 36.2 Å². The van der Waals surface area contributed by atoms with Crippen molar-refractivity contribution in [3.8, 4) is 0 Å². The van der Waals surface area contributed by atoms with Crippen LogP contribution in [0.15, 0.2) is 97.2 Å². The lowest BCUT2D eigenvalue weighted by Gasteiger charge is -2.22. The Balaban J connectivity index is 0.000000453. The second kappa shape index (κ2) is 28.9. The topological polar surface area (TPSA) is 366 Å². The zero-order valence-electron chi connectivity index (χ0n) is 38.2. The highest BCUT2D eigenvalue weighted by Crippen LogP contribution is 2.30. The van der Waals surface area contributed by atoms with E-state index < -0.39 is 11.6 Å². The van der Waals surface area contributed by atoms with Gasteiger partial charge in [0, 0.05) is 40.7 Å². The summed E-state index contributed by atoms with van der Waals surface area (Å²) in [6.07, 6.45) is 0. The number of nitrogens with two attached hydrogens (primary N) is 8. The minimum absolute atomic E-state index is 0.0180. The standard InChI is InChI=1S/C11H16ClN5.C11H16FN5.C10H13BrClN5.C10H13ClFN5/c2*1-3-17(11(15)16-10(13)14)9-5-4-7(2)6-8(9)12;1-2-17(10(15)16-9(13)14)8-4-3-6(12)5-7(8)11;1-2-17(10(15)16-9(13)14)8-4-3-6(11)5-7(8)12/h2*4-6H,3H2,1-2H3,(H5,13,14,15,16);2*3-5H,2H2,1H3,(H5,13,14,15,16). The third kappa shape index (κ3) is 19.5. The first-order chi connectivity index (χ1) is 31.8. The van der Waals surface area contributed by atoms with Gasteiger partial charge in [-0.05, 0) is 129 Å². The van der Waals surface area contributed by atoms with Crippen LogP contribution in [-0.2, 0) is 0 Å². The number of nitrogens with zero attached hydrogens (tertiary/aromatic N) is 8. The van der Waals surface area contributed by atoms with Crippen LogP contribution in [0.4, 0.5) is 31.5 Å². The molecule has 4 aromatic rings. The summed E-state index contributed by atoms with van der Waals surface area (Å²) < 4.78 is 28.2. The summed E-state index contributed by atoms with van der Waals surface area (Å²) in [5.74, 6) is -2.14. The monoisotopic (exact) mass is 1060 g/mol. The lowest BCUT2D eigenvalue weighted by molar-refractivity contribution is 0.625. The second-order valence-electron chi connectivity index (χ2n) is 13.5.